The van der Waals surface area contributed by atoms with Crippen molar-refractivity contribution >= 4 is 12.0 Å². The second-order valence-corrected chi connectivity index (χ2v) is 7.23. The van der Waals surface area contributed by atoms with E-state index in [4.69, 9.17) is 5.11 Å². The van der Waals surface area contributed by atoms with Gasteiger partial charge in [0, 0.05) is 17.6 Å². The Hall–Kier alpha value is -1.30. The summed E-state index contributed by atoms with van der Waals surface area (Å²) >= 11 is 0. The smallest absolute Gasteiger partial charge is 0.317 e. The van der Waals surface area contributed by atoms with Crippen molar-refractivity contribution in [1.82, 2.24) is 15.5 Å². The minimum absolute atomic E-state index is 0.0782. The second-order valence-electron chi connectivity index (χ2n) is 7.23. The van der Waals surface area contributed by atoms with Crippen molar-refractivity contribution in [2.45, 2.75) is 70.5 Å². The van der Waals surface area contributed by atoms with Gasteiger partial charge in [-0.3, -0.25) is 9.69 Å². The number of likely N-dealkylation sites (N-methyl/N-ethyl adjacent to an activating group) is 1. The van der Waals surface area contributed by atoms with Gasteiger partial charge in [0.15, 0.2) is 0 Å². The van der Waals surface area contributed by atoms with Crippen molar-refractivity contribution in [2.75, 3.05) is 13.1 Å². The van der Waals surface area contributed by atoms with Crippen LogP contribution in [0.25, 0.3) is 0 Å². The van der Waals surface area contributed by atoms with Crippen LogP contribution in [0.5, 0.6) is 0 Å². The van der Waals surface area contributed by atoms with E-state index in [9.17, 15) is 9.59 Å². The van der Waals surface area contributed by atoms with Crippen molar-refractivity contribution < 1.29 is 14.7 Å². The molecule has 0 bridgehead atoms. The largest absolute Gasteiger partial charge is 0.480 e. The third kappa shape index (κ3) is 4.12. The third-order valence-electron chi connectivity index (χ3n) is 5.27. The van der Waals surface area contributed by atoms with Gasteiger partial charge in [0.2, 0.25) is 0 Å². The molecule has 0 atom stereocenters. The number of hydrogen-bond acceptors (Lipinski definition) is 3. The van der Waals surface area contributed by atoms with Gasteiger partial charge in [0.25, 0.3) is 0 Å². The van der Waals surface area contributed by atoms with Crippen LogP contribution in [0.4, 0.5) is 4.79 Å². The Bertz CT molecular complexity index is 415. The fourth-order valence-electron chi connectivity index (χ4n) is 3.42. The van der Waals surface area contributed by atoms with Crippen LogP contribution < -0.4 is 10.6 Å². The summed E-state index contributed by atoms with van der Waals surface area (Å²) in [6.07, 6.45) is 5.31. The molecule has 0 aromatic carbocycles. The maximum Gasteiger partial charge on any atom is 0.317 e. The molecule has 0 unspecified atom stereocenters. The van der Waals surface area contributed by atoms with Crippen molar-refractivity contribution in [3.63, 3.8) is 0 Å². The van der Waals surface area contributed by atoms with E-state index in [1.165, 1.54) is 19.3 Å². The Balaban J connectivity index is 1.70. The summed E-state index contributed by atoms with van der Waals surface area (Å²) in [7, 11) is 0. The number of nitrogens with one attached hydrogen (secondary N) is 2. The lowest BCUT2D eigenvalue weighted by Crippen LogP contribution is -2.60. The van der Waals surface area contributed by atoms with Crippen molar-refractivity contribution in [3.8, 4) is 0 Å². The molecule has 22 heavy (non-hydrogen) atoms. The second kappa shape index (κ2) is 6.86. The lowest BCUT2D eigenvalue weighted by atomic mass is 9.72. The Morgan fingerprint density at radius 3 is 2.36 bits per heavy atom. The molecule has 0 aromatic heterocycles. The Morgan fingerprint density at radius 1 is 1.27 bits per heavy atom. The molecule has 0 aromatic rings. The van der Waals surface area contributed by atoms with Gasteiger partial charge in [-0.05, 0) is 52.0 Å². The summed E-state index contributed by atoms with van der Waals surface area (Å²) in [6, 6.07) is 0.331. The SMILES string of the molecule is CCN(CC(=O)O)C1CC(NC(=O)NC(C)(C)C2CCC2)C1. The molecule has 0 aliphatic heterocycles. The first-order valence-electron chi connectivity index (χ1n) is 8.36. The Kier molecular flexibility index (Phi) is 5.32. The number of carboxylic acids is 1. The van der Waals surface area contributed by atoms with Crippen molar-refractivity contribution in [1.29, 1.82) is 0 Å². The highest BCUT2D eigenvalue weighted by molar-refractivity contribution is 5.75. The topological polar surface area (TPSA) is 81.7 Å². The zero-order valence-corrected chi connectivity index (χ0v) is 13.9. The number of carbonyl (C=O) groups is 2. The number of urea groups is 1. The van der Waals surface area contributed by atoms with E-state index in [1.54, 1.807) is 0 Å². The number of carbonyl (C=O) groups excluding carboxylic acids is 1. The first kappa shape index (κ1) is 17.1. The van der Waals surface area contributed by atoms with Crippen LogP contribution >= 0.6 is 0 Å². The molecule has 0 radical (unpaired) electrons. The predicted molar refractivity (Wildman–Crippen MR) is 84.8 cm³/mol. The molecule has 2 fully saturated rings. The van der Waals surface area contributed by atoms with E-state index in [0.29, 0.717) is 5.92 Å². The maximum absolute atomic E-state index is 12.1. The van der Waals surface area contributed by atoms with Gasteiger partial charge in [-0.15, -0.1) is 0 Å². The van der Waals surface area contributed by atoms with Crippen LogP contribution in [0.3, 0.4) is 0 Å². The molecule has 0 spiro atoms. The summed E-state index contributed by atoms with van der Waals surface area (Å²) in [6.45, 7) is 6.95. The van der Waals surface area contributed by atoms with E-state index in [1.807, 2.05) is 11.8 Å². The zero-order valence-electron chi connectivity index (χ0n) is 13.9. The average molecular weight is 311 g/mol. The molecule has 2 saturated carbocycles. The van der Waals surface area contributed by atoms with E-state index < -0.39 is 5.97 Å². The molecular weight excluding hydrogens is 282 g/mol. The minimum Gasteiger partial charge on any atom is -0.480 e. The number of nitrogens with zero attached hydrogens (tertiary/aromatic N) is 1. The molecular formula is C16H29N3O3. The number of amides is 2. The molecule has 6 nitrogen and oxygen atoms in total. The molecule has 2 rings (SSSR count). The minimum atomic E-state index is -0.793. The molecule has 2 aliphatic carbocycles. The van der Waals surface area contributed by atoms with Gasteiger partial charge in [-0.1, -0.05) is 13.3 Å². The van der Waals surface area contributed by atoms with Gasteiger partial charge in [-0.2, -0.15) is 0 Å². The summed E-state index contributed by atoms with van der Waals surface area (Å²) < 4.78 is 0. The summed E-state index contributed by atoms with van der Waals surface area (Å²) in [5, 5.41) is 15.0. The van der Waals surface area contributed by atoms with Crippen LogP contribution in [0.1, 0.15) is 52.9 Å². The van der Waals surface area contributed by atoms with Crippen molar-refractivity contribution in [2.24, 2.45) is 5.92 Å². The summed E-state index contributed by atoms with van der Waals surface area (Å²) in [5.41, 5.74) is -0.149. The number of rotatable bonds is 7. The number of aliphatic carboxylic acids is 1. The number of hydrogen-bond donors (Lipinski definition) is 3. The molecule has 0 heterocycles. The summed E-state index contributed by atoms with van der Waals surface area (Å²) in [5.74, 6) is -0.211. The standard InChI is InChI=1S/C16H29N3O3/c1-4-19(10-14(20)21)13-8-12(9-13)17-15(22)18-16(2,3)11-6-5-7-11/h11-13H,4-10H2,1-3H3,(H,20,21)(H2,17,18,22). The highest BCUT2D eigenvalue weighted by atomic mass is 16.4. The lowest BCUT2D eigenvalue weighted by Gasteiger charge is -2.44. The summed E-state index contributed by atoms with van der Waals surface area (Å²) in [4.78, 5) is 24.9. The Labute approximate surface area is 132 Å². The fraction of sp³-hybridized carbons (Fsp3) is 0.875. The van der Waals surface area contributed by atoms with Crippen LogP contribution in [0, 0.1) is 5.92 Å². The average Bonchev–Trinajstić information content (AvgIpc) is 2.26. The van der Waals surface area contributed by atoms with E-state index in [-0.39, 0.29) is 30.2 Å². The quantitative estimate of drug-likeness (QED) is 0.669. The highest BCUT2D eigenvalue weighted by Gasteiger charge is 2.38. The predicted octanol–water partition coefficient (Wildman–Crippen LogP) is 1.80. The van der Waals surface area contributed by atoms with E-state index in [0.717, 1.165) is 19.4 Å². The highest BCUT2D eigenvalue weighted by Crippen LogP contribution is 2.35. The molecule has 126 valence electrons. The van der Waals surface area contributed by atoms with Crippen molar-refractivity contribution in [3.05, 3.63) is 0 Å². The monoisotopic (exact) mass is 311 g/mol. The van der Waals surface area contributed by atoms with Gasteiger partial charge >= 0.3 is 12.0 Å². The Morgan fingerprint density at radius 2 is 1.91 bits per heavy atom. The first-order chi connectivity index (χ1) is 10.3. The van der Waals surface area contributed by atoms with Crippen LogP contribution in [0.15, 0.2) is 0 Å². The van der Waals surface area contributed by atoms with Crippen LogP contribution in [-0.2, 0) is 4.79 Å². The maximum atomic E-state index is 12.1. The fourth-order valence-corrected chi connectivity index (χ4v) is 3.42. The van der Waals surface area contributed by atoms with Crippen LogP contribution in [0.2, 0.25) is 0 Å². The zero-order chi connectivity index (χ0) is 16.3. The van der Waals surface area contributed by atoms with Crippen LogP contribution in [-0.4, -0.2) is 52.7 Å². The lowest BCUT2D eigenvalue weighted by molar-refractivity contribution is -0.139. The van der Waals surface area contributed by atoms with Gasteiger partial charge < -0.3 is 15.7 Å². The van der Waals surface area contributed by atoms with Gasteiger partial charge in [0.1, 0.15) is 0 Å². The molecule has 0 saturated heterocycles. The normalized spacial score (nSPS) is 25.3. The third-order valence-corrected chi connectivity index (χ3v) is 5.27. The van der Waals surface area contributed by atoms with Gasteiger partial charge in [0.05, 0.1) is 6.54 Å². The molecule has 6 heteroatoms. The molecule has 3 N–H and O–H groups in total. The molecule has 2 aliphatic rings. The van der Waals surface area contributed by atoms with Gasteiger partial charge in [-0.25, -0.2) is 4.79 Å². The van der Waals surface area contributed by atoms with E-state index in [2.05, 4.69) is 24.5 Å². The van der Waals surface area contributed by atoms with E-state index >= 15 is 0 Å². The molecule has 2 amide bonds. The first-order valence-corrected chi connectivity index (χ1v) is 8.36. The number of carboxylic acid groups (broad SMARTS) is 1.